The Balaban J connectivity index is 1.45. The molecule has 0 nitrogen and oxygen atoms in total. The lowest BCUT2D eigenvalue weighted by molar-refractivity contribution is 0.658. The summed E-state index contributed by atoms with van der Waals surface area (Å²) in [6.07, 6.45) is 9.32. The normalized spacial score (nSPS) is 19.9. The molecule has 0 spiro atoms. The average molecular weight is 499 g/mol. The number of benzene rings is 5. The van der Waals surface area contributed by atoms with Crippen LogP contribution in [0, 0.1) is 11.8 Å². The molecular formula is C39H30. The van der Waals surface area contributed by atoms with Gasteiger partial charge in [0.25, 0.3) is 0 Å². The van der Waals surface area contributed by atoms with Crippen molar-refractivity contribution in [2.24, 2.45) is 11.8 Å². The minimum Gasteiger partial charge on any atom is -0.0760 e. The van der Waals surface area contributed by atoms with Gasteiger partial charge in [0.15, 0.2) is 0 Å². The van der Waals surface area contributed by atoms with Crippen molar-refractivity contribution < 1.29 is 0 Å². The fourth-order valence-corrected chi connectivity index (χ4v) is 7.48. The van der Waals surface area contributed by atoms with Crippen LogP contribution in [0.15, 0.2) is 133 Å². The second-order valence-corrected chi connectivity index (χ2v) is 11.7. The van der Waals surface area contributed by atoms with Crippen LogP contribution in [0.3, 0.4) is 0 Å². The molecule has 3 aliphatic carbocycles. The van der Waals surface area contributed by atoms with Gasteiger partial charge in [-0.05, 0) is 71.8 Å². The molecule has 0 fully saturated rings. The molecule has 0 aromatic heterocycles. The summed E-state index contributed by atoms with van der Waals surface area (Å²) in [5, 5.41) is 5.33. The zero-order valence-corrected chi connectivity index (χ0v) is 22.4. The van der Waals surface area contributed by atoms with E-state index in [1.807, 2.05) is 0 Å². The van der Waals surface area contributed by atoms with E-state index in [1.54, 1.807) is 0 Å². The van der Waals surface area contributed by atoms with Crippen molar-refractivity contribution in [3.63, 3.8) is 0 Å². The summed E-state index contributed by atoms with van der Waals surface area (Å²) in [6, 6.07) is 40.8. The van der Waals surface area contributed by atoms with Gasteiger partial charge in [-0.25, -0.2) is 0 Å². The van der Waals surface area contributed by atoms with Crippen LogP contribution in [0.1, 0.15) is 36.1 Å². The van der Waals surface area contributed by atoms with E-state index in [2.05, 4.69) is 147 Å². The molecule has 0 amide bonds. The summed E-state index contributed by atoms with van der Waals surface area (Å²) in [5.74, 6) is 0.563. The molecule has 39 heavy (non-hydrogen) atoms. The largest absolute Gasteiger partial charge is 0.0760 e. The fourth-order valence-electron chi connectivity index (χ4n) is 7.48. The molecule has 5 aromatic rings. The number of rotatable bonds is 2. The second kappa shape index (κ2) is 8.29. The monoisotopic (exact) mass is 498 g/mol. The minimum absolute atomic E-state index is 0.0152. The summed E-state index contributed by atoms with van der Waals surface area (Å²) < 4.78 is 0. The first kappa shape index (κ1) is 22.6. The van der Waals surface area contributed by atoms with Crippen molar-refractivity contribution >= 4 is 21.9 Å². The van der Waals surface area contributed by atoms with Crippen molar-refractivity contribution in [2.75, 3.05) is 0 Å². The van der Waals surface area contributed by atoms with Crippen LogP contribution in [0.4, 0.5) is 0 Å². The quantitative estimate of drug-likeness (QED) is 0.232. The first-order chi connectivity index (χ1) is 19.1. The molecule has 2 unspecified atom stereocenters. The van der Waals surface area contributed by atoms with E-state index in [0.717, 1.165) is 0 Å². The zero-order chi connectivity index (χ0) is 26.1. The van der Waals surface area contributed by atoms with Gasteiger partial charge in [0.1, 0.15) is 0 Å². The van der Waals surface area contributed by atoms with Crippen molar-refractivity contribution in [3.8, 4) is 11.1 Å². The third-order valence-corrected chi connectivity index (χ3v) is 9.28. The zero-order valence-electron chi connectivity index (χ0n) is 22.4. The van der Waals surface area contributed by atoms with E-state index in [9.17, 15) is 0 Å². The number of hydrogen-bond donors (Lipinski definition) is 0. The summed E-state index contributed by atoms with van der Waals surface area (Å²) in [5.41, 5.74) is 11.2. The van der Waals surface area contributed by atoms with Crippen LogP contribution in [-0.4, -0.2) is 0 Å². The van der Waals surface area contributed by atoms with E-state index >= 15 is 0 Å². The standard InChI is InChI=1S/C39H30/c1-39(2)35-21-10-9-15-28(35)29-23-22-26(24-36(29)39)37-31-16-5-7-18-33(31)38(34-19-8-6-17-32(34)37)30-20-11-13-25-12-3-4-14-27(25)30/h3-24,31,33H,1-2H3. The van der Waals surface area contributed by atoms with Crippen LogP contribution < -0.4 is 10.4 Å². The Kier molecular flexibility index (Phi) is 4.79. The molecule has 0 aliphatic heterocycles. The van der Waals surface area contributed by atoms with E-state index < -0.39 is 0 Å². The molecule has 0 N–H and O–H groups in total. The highest BCUT2D eigenvalue weighted by molar-refractivity contribution is 5.96. The third-order valence-electron chi connectivity index (χ3n) is 9.28. The van der Waals surface area contributed by atoms with Crippen LogP contribution >= 0.6 is 0 Å². The molecule has 0 radical (unpaired) electrons. The van der Waals surface area contributed by atoms with Gasteiger partial charge in [0, 0.05) is 17.3 Å². The maximum absolute atomic E-state index is 2.49. The van der Waals surface area contributed by atoms with Gasteiger partial charge in [0.2, 0.25) is 0 Å². The minimum atomic E-state index is -0.0152. The number of allylic oxidation sites excluding steroid dienone is 4. The molecule has 0 heteroatoms. The Hall–Kier alpha value is -4.42. The topological polar surface area (TPSA) is 0 Å². The van der Waals surface area contributed by atoms with Crippen LogP contribution in [0.25, 0.3) is 33.0 Å². The van der Waals surface area contributed by atoms with E-state index in [0.29, 0.717) is 0 Å². The van der Waals surface area contributed by atoms with Crippen LogP contribution in [0.2, 0.25) is 0 Å². The van der Waals surface area contributed by atoms with E-state index in [4.69, 9.17) is 0 Å². The summed E-state index contributed by atoms with van der Waals surface area (Å²) in [6.45, 7) is 4.75. The lowest BCUT2D eigenvalue weighted by atomic mass is 9.69. The molecule has 2 atom stereocenters. The molecule has 5 aromatic carbocycles. The maximum atomic E-state index is 2.49. The first-order valence-corrected chi connectivity index (χ1v) is 14.0. The summed E-state index contributed by atoms with van der Waals surface area (Å²) in [7, 11) is 0. The molecule has 186 valence electrons. The summed E-state index contributed by atoms with van der Waals surface area (Å²) in [4.78, 5) is 0. The molecule has 8 rings (SSSR count). The predicted octanol–water partition coefficient (Wildman–Crippen LogP) is 7.92. The Labute approximate surface area is 230 Å². The third kappa shape index (κ3) is 3.18. The number of hydrogen-bond acceptors (Lipinski definition) is 0. The van der Waals surface area contributed by atoms with Crippen molar-refractivity contribution in [1.29, 1.82) is 0 Å². The van der Waals surface area contributed by atoms with Crippen molar-refractivity contribution in [2.45, 2.75) is 19.3 Å². The van der Waals surface area contributed by atoms with Gasteiger partial charge in [0.05, 0.1) is 0 Å². The smallest absolute Gasteiger partial charge is 0.0159 e. The van der Waals surface area contributed by atoms with Gasteiger partial charge in [-0.2, -0.15) is 0 Å². The van der Waals surface area contributed by atoms with E-state index in [1.165, 1.54) is 65.7 Å². The highest BCUT2D eigenvalue weighted by Crippen LogP contribution is 2.50. The Morgan fingerprint density at radius 2 is 1.13 bits per heavy atom. The average Bonchev–Trinajstić information content (AvgIpc) is 3.21. The van der Waals surface area contributed by atoms with Gasteiger partial charge in [-0.1, -0.05) is 141 Å². The van der Waals surface area contributed by atoms with Crippen molar-refractivity contribution in [1.82, 2.24) is 0 Å². The molecule has 3 aliphatic rings. The highest BCUT2D eigenvalue weighted by Gasteiger charge is 2.37. The van der Waals surface area contributed by atoms with Gasteiger partial charge in [-0.15, -0.1) is 0 Å². The van der Waals surface area contributed by atoms with Crippen molar-refractivity contribution in [3.05, 3.63) is 166 Å². The predicted molar refractivity (Wildman–Crippen MR) is 164 cm³/mol. The van der Waals surface area contributed by atoms with Gasteiger partial charge >= 0.3 is 0 Å². The lowest BCUT2D eigenvalue weighted by Crippen LogP contribution is -2.40. The highest BCUT2D eigenvalue weighted by atomic mass is 14.4. The maximum Gasteiger partial charge on any atom is 0.0159 e. The molecule has 0 heterocycles. The first-order valence-electron chi connectivity index (χ1n) is 14.0. The Bertz CT molecular complexity index is 1990. The summed E-state index contributed by atoms with van der Waals surface area (Å²) >= 11 is 0. The van der Waals surface area contributed by atoms with Crippen LogP contribution in [0.5, 0.6) is 0 Å². The Morgan fingerprint density at radius 1 is 0.513 bits per heavy atom. The number of fused-ring (bicyclic) bond motifs is 6. The second-order valence-electron chi connectivity index (χ2n) is 11.7. The SMILES string of the molecule is CC1(C)c2ccccc2-c2ccc(C3=c4ccccc4=C(c4cccc5ccccc45)C4C=CC=CC34)cc21. The Morgan fingerprint density at radius 3 is 1.97 bits per heavy atom. The molecule has 0 saturated heterocycles. The van der Waals surface area contributed by atoms with Crippen LogP contribution in [-0.2, 0) is 5.41 Å². The van der Waals surface area contributed by atoms with E-state index in [-0.39, 0.29) is 17.3 Å². The lowest BCUT2D eigenvalue weighted by Gasteiger charge is -2.34. The molecule has 0 bridgehead atoms. The van der Waals surface area contributed by atoms with Gasteiger partial charge < -0.3 is 0 Å². The molecule has 0 saturated carbocycles. The molecular weight excluding hydrogens is 468 g/mol. The fraction of sp³-hybridized carbons (Fsp3) is 0.128. The van der Waals surface area contributed by atoms with Gasteiger partial charge in [-0.3, -0.25) is 0 Å².